The summed E-state index contributed by atoms with van der Waals surface area (Å²) in [4.78, 5) is 23.5. The number of carboxylic acid groups (broad SMARTS) is 1. The molecule has 1 aliphatic rings. The van der Waals surface area contributed by atoms with E-state index in [0.717, 1.165) is 37.7 Å². The number of aromatic carboxylic acids is 1. The molecule has 126 valence electrons. The van der Waals surface area contributed by atoms with Crippen LogP contribution in [0.1, 0.15) is 48.0 Å². The molecule has 0 atom stereocenters. The largest absolute Gasteiger partial charge is 0.478 e. The lowest BCUT2D eigenvalue weighted by Crippen LogP contribution is -2.40. The number of hydrogen-bond acceptors (Lipinski definition) is 3. The zero-order chi connectivity index (χ0) is 16.7. The van der Waals surface area contributed by atoms with Crippen LogP contribution in [0.2, 0.25) is 0 Å². The Bertz CT molecular complexity index is 550. The third-order valence-corrected chi connectivity index (χ3v) is 4.70. The SMILES string of the molecule is COCCC1(C(=O)NCCc2cccc(C(=O)O)c2)CCCC1. The number of benzene rings is 1. The van der Waals surface area contributed by atoms with Crippen LogP contribution in [0.4, 0.5) is 0 Å². The number of ether oxygens (including phenoxy) is 1. The van der Waals surface area contributed by atoms with Gasteiger partial charge in [-0.15, -0.1) is 0 Å². The van der Waals surface area contributed by atoms with Crippen LogP contribution in [0, 0.1) is 5.41 Å². The molecule has 23 heavy (non-hydrogen) atoms. The standard InChI is InChI=1S/C18H25NO4/c1-23-12-10-18(8-2-3-9-18)17(22)19-11-7-14-5-4-6-15(13-14)16(20)21/h4-6,13H,2-3,7-12H2,1H3,(H,19,22)(H,20,21). The average molecular weight is 319 g/mol. The maximum atomic E-state index is 12.6. The second-order valence-corrected chi connectivity index (χ2v) is 6.24. The van der Waals surface area contributed by atoms with Gasteiger partial charge < -0.3 is 15.2 Å². The highest BCUT2D eigenvalue weighted by atomic mass is 16.5. The van der Waals surface area contributed by atoms with E-state index in [1.54, 1.807) is 25.3 Å². The summed E-state index contributed by atoms with van der Waals surface area (Å²) >= 11 is 0. The Morgan fingerprint density at radius 1 is 1.30 bits per heavy atom. The van der Waals surface area contributed by atoms with Gasteiger partial charge in [-0.05, 0) is 43.4 Å². The lowest BCUT2D eigenvalue weighted by molar-refractivity contribution is -0.131. The fourth-order valence-electron chi connectivity index (χ4n) is 3.31. The summed E-state index contributed by atoms with van der Waals surface area (Å²) in [7, 11) is 1.66. The highest BCUT2D eigenvalue weighted by Crippen LogP contribution is 2.41. The molecule has 1 aromatic rings. The molecule has 2 N–H and O–H groups in total. The van der Waals surface area contributed by atoms with Crippen LogP contribution in [-0.4, -0.2) is 37.2 Å². The molecule has 1 aliphatic carbocycles. The normalized spacial score (nSPS) is 16.2. The summed E-state index contributed by atoms with van der Waals surface area (Å²) < 4.78 is 5.15. The third-order valence-electron chi connectivity index (χ3n) is 4.70. The number of amides is 1. The Morgan fingerprint density at radius 3 is 2.70 bits per heavy atom. The summed E-state index contributed by atoms with van der Waals surface area (Å²) in [5, 5.41) is 12.0. The number of nitrogens with one attached hydrogen (secondary N) is 1. The summed E-state index contributed by atoms with van der Waals surface area (Å²) in [6.07, 6.45) is 5.44. The number of hydrogen-bond donors (Lipinski definition) is 2. The molecule has 1 saturated carbocycles. The molecule has 0 unspecified atom stereocenters. The molecular weight excluding hydrogens is 294 g/mol. The average Bonchev–Trinajstić information content (AvgIpc) is 3.03. The first kappa shape index (κ1) is 17.5. The van der Waals surface area contributed by atoms with Crippen molar-refractivity contribution in [2.75, 3.05) is 20.3 Å². The maximum absolute atomic E-state index is 12.6. The van der Waals surface area contributed by atoms with Gasteiger partial charge in [-0.1, -0.05) is 25.0 Å². The molecule has 0 saturated heterocycles. The summed E-state index contributed by atoms with van der Waals surface area (Å²) in [6, 6.07) is 6.85. The minimum atomic E-state index is -0.930. The second-order valence-electron chi connectivity index (χ2n) is 6.24. The first-order valence-electron chi connectivity index (χ1n) is 8.17. The Kier molecular flexibility index (Phi) is 6.16. The first-order valence-corrected chi connectivity index (χ1v) is 8.17. The number of carboxylic acids is 1. The second kappa shape index (κ2) is 8.11. The molecule has 1 fully saturated rings. The lowest BCUT2D eigenvalue weighted by atomic mass is 9.82. The van der Waals surface area contributed by atoms with E-state index in [9.17, 15) is 9.59 Å². The highest BCUT2D eigenvalue weighted by Gasteiger charge is 2.40. The van der Waals surface area contributed by atoms with Gasteiger partial charge in [0.25, 0.3) is 0 Å². The minimum absolute atomic E-state index is 0.112. The van der Waals surface area contributed by atoms with Crippen molar-refractivity contribution in [2.45, 2.75) is 38.5 Å². The van der Waals surface area contributed by atoms with Crippen LogP contribution >= 0.6 is 0 Å². The highest BCUT2D eigenvalue weighted by molar-refractivity contribution is 5.87. The number of carbonyl (C=O) groups is 2. The van der Waals surface area contributed by atoms with E-state index in [2.05, 4.69) is 5.32 Å². The van der Waals surface area contributed by atoms with Crippen LogP contribution in [0.15, 0.2) is 24.3 Å². The zero-order valence-corrected chi connectivity index (χ0v) is 13.6. The molecule has 2 rings (SSSR count). The van der Waals surface area contributed by atoms with Gasteiger partial charge in [0.05, 0.1) is 11.0 Å². The number of methoxy groups -OCH3 is 1. The van der Waals surface area contributed by atoms with Crippen molar-refractivity contribution >= 4 is 11.9 Å². The fourth-order valence-corrected chi connectivity index (χ4v) is 3.31. The molecule has 5 heteroatoms. The Morgan fingerprint density at radius 2 is 2.04 bits per heavy atom. The van der Waals surface area contributed by atoms with Crippen LogP contribution < -0.4 is 5.32 Å². The smallest absolute Gasteiger partial charge is 0.335 e. The molecule has 0 heterocycles. The van der Waals surface area contributed by atoms with Crippen LogP contribution in [0.25, 0.3) is 0 Å². The summed E-state index contributed by atoms with van der Waals surface area (Å²) in [5.74, 6) is -0.818. The van der Waals surface area contributed by atoms with Crippen LogP contribution in [0.5, 0.6) is 0 Å². The topological polar surface area (TPSA) is 75.6 Å². The van der Waals surface area contributed by atoms with Gasteiger partial charge in [0, 0.05) is 20.3 Å². The molecule has 0 aromatic heterocycles. The van der Waals surface area contributed by atoms with Crippen LogP contribution in [0.3, 0.4) is 0 Å². The van der Waals surface area contributed by atoms with Gasteiger partial charge in [-0.3, -0.25) is 4.79 Å². The quantitative estimate of drug-likeness (QED) is 0.772. The maximum Gasteiger partial charge on any atom is 0.335 e. The third kappa shape index (κ3) is 4.55. The van der Waals surface area contributed by atoms with E-state index in [4.69, 9.17) is 9.84 Å². The van der Waals surface area contributed by atoms with Crippen molar-refractivity contribution in [1.82, 2.24) is 5.32 Å². The van der Waals surface area contributed by atoms with E-state index >= 15 is 0 Å². The van der Waals surface area contributed by atoms with E-state index in [-0.39, 0.29) is 16.9 Å². The summed E-state index contributed by atoms with van der Waals surface area (Å²) in [6.45, 7) is 1.13. The molecule has 5 nitrogen and oxygen atoms in total. The Hall–Kier alpha value is -1.88. The molecule has 0 aliphatic heterocycles. The molecule has 0 spiro atoms. The molecule has 0 radical (unpaired) electrons. The Balaban J connectivity index is 1.88. The monoisotopic (exact) mass is 319 g/mol. The van der Waals surface area contributed by atoms with Crippen LogP contribution in [-0.2, 0) is 16.0 Å². The zero-order valence-electron chi connectivity index (χ0n) is 13.6. The van der Waals surface area contributed by atoms with Crippen molar-refractivity contribution in [3.63, 3.8) is 0 Å². The predicted octanol–water partition coefficient (Wildman–Crippen LogP) is 2.64. The first-order chi connectivity index (χ1) is 11.1. The van der Waals surface area contributed by atoms with Gasteiger partial charge in [0.15, 0.2) is 0 Å². The van der Waals surface area contributed by atoms with E-state index < -0.39 is 5.97 Å². The van der Waals surface area contributed by atoms with Crippen molar-refractivity contribution in [2.24, 2.45) is 5.41 Å². The Labute approximate surface area is 137 Å². The molecular formula is C18H25NO4. The molecule has 0 bridgehead atoms. The van der Waals surface area contributed by atoms with Gasteiger partial charge >= 0.3 is 5.97 Å². The predicted molar refractivity (Wildman–Crippen MR) is 87.5 cm³/mol. The molecule has 1 amide bonds. The molecule has 1 aromatic carbocycles. The van der Waals surface area contributed by atoms with Crippen molar-refractivity contribution in [3.8, 4) is 0 Å². The van der Waals surface area contributed by atoms with Gasteiger partial charge in [-0.2, -0.15) is 0 Å². The number of rotatable bonds is 8. The number of carbonyl (C=O) groups excluding carboxylic acids is 1. The lowest BCUT2D eigenvalue weighted by Gasteiger charge is -2.27. The van der Waals surface area contributed by atoms with Crippen molar-refractivity contribution in [1.29, 1.82) is 0 Å². The fraction of sp³-hybridized carbons (Fsp3) is 0.556. The van der Waals surface area contributed by atoms with E-state index in [1.807, 2.05) is 6.07 Å². The van der Waals surface area contributed by atoms with Gasteiger partial charge in [0.1, 0.15) is 0 Å². The van der Waals surface area contributed by atoms with Crippen molar-refractivity contribution in [3.05, 3.63) is 35.4 Å². The minimum Gasteiger partial charge on any atom is -0.478 e. The van der Waals surface area contributed by atoms with Gasteiger partial charge in [-0.25, -0.2) is 4.79 Å². The van der Waals surface area contributed by atoms with E-state index in [1.165, 1.54) is 0 Å². The summed E-state index contributed by atoms with van der Waals surface area (Å²) in [5.41, 5.74) is 0.919. The van der Waals surface area contributed by atoms with E-state index in [0.29, 0.717) is 19.6 Å². The van der Waals surface area contributed by atoms with Crippen molar-refractivity contribution < 1.29 is 19.4 Å². The van der Waals surface area contributed by atoms with Gasteiger partial charge in [0.2, 0.25) is 5.91 Å².